The van der Waals surface area contributed by atoms with Crippen molar-refractivity contribution in [2.24, 2.45) is 0 Å². The second-order valence-corrected chi connectivity index (χ2v) is 10.9. The van der Waals surface area contributed by atoms with Crippen molar-refractivity contribution >= 4 is 39.6 Å². The number of rotatable bonds is 11. The minimum Gasteiger partial charge on any atom is -0.379 e. The van der Waals surface area contributed by atoms with Gasteiger partial charge in [0.25, 0.3) is 0 Å². The van der Waals surface area contributed by atoms with Gasteiger partial charge >= 0.3 is 6.03 Å². The Labute approximate surface area is 229 Å². The first-order valence-corrected chi connectivity index (χ1v) is 14.0. The molecule has 2 aromatic carbocycles. The fourth-order valence-electron chi connectivity index (χ4n) is 4.69. The molecule has 9 heteroatoms. The second kappa shape index (κ2) is 13.4. The lowest BCUT2D eigenvalue weighted by Gasteiger charge is -2.27. The van der Waals surface area contributed by atoms with Gasteiger partial charge in [0, 0.05) is 42.9 Å². The molecule has 0 saturated carbocycles. The van der Waals surface area contributed by atoms with E-state index in [2.05, 4.69) is 45.2 Å². The van der Waals surface area contributed by atoms with Gasteiger partial charge < -0.3 is 26.2 Å². The summed E-state index contributed by atoms with van der Waals surface area (Å²) in [7, 11) is 6.19. The van der Waals surface area contributed by atoms with E-state index in [1.54, 1.807) is 11.3 Å². The number of nitrogens with zero attached hydrogens (tertiary/aromatic N) is 2. The molecule has 4 rings (SSSR count). The standard InChI is InChI=1S/C29H39N7OS/c1-31-28-26(24-15-19-36(20-25(24)38-28)18-7-17-35(2)3)27(30)32-16-14-21-10-12-23(13-11-21)34-29(37)33-22-8-5-4-6-9-22/h4-6,8-13,31H,7,14-20H2,1-3H3,(H2,30,32)(H2,33,34,37). The van der Waals surface area contributed by atoms with Crippen molar-refractivity contribution < 1.29 is 4.79 Å². The van der Waals surface area contributed by atoms with Crippen LogP contribution < -0.4 is 21.3 Å². The second-order valence-electron chi connectivity index (χ2n) is 9.83. The van der Waals surface area contributed by atoms with Crippen molar-refractivity contribution in [1.82, 2.24) is 15.1 Å². The number of urea groups is 1. The number of fused-ring (bicyclic) bond motifs is 1. The van der Waals surface area contributed by atoms with E-state index in [4.69, 9.17) is 5.41 Å². The Balaban J connectivity index is 1.26. The third kappa shape index (κ3) is 7.56. The lowest BCUT2D eigenvalue weighted by molar-refractivity contribution is 0.241. The lowest BCUT2D eigenvalue weighted by atomic mass is 10.0. The van der Waals surface area contributed by atoms with Gasteiger partial charge in [-0.3, -0.25) is 10.3 Å². The maximum atomic E-state index is 12.2. The molecule has 0 saturated heterocycles. The molecule has 0 fully saturated rings. The van der Waals surface area contributed by atoms with Crippen LogP contribution in [0.1, 0.15) is 28.0 Å². The van der Waals surface area contributed by atoms with Crippen LogP contribution in [0, 0.1) is 5.41 Å². The highest BCUT2D eigenvalue weighted by Crippen LogP contribution is 2.36. The third-order valence-corrected chi connectivity index (χ3v) is 7.89. The Hall–Kier alpha value is -3.40. The Morgan fingerprint density at radius 1 is 1.05 bits per heavy atom. The summed E-state index contributed by atoms with van der Waals surface area (Å²) in [5.74, 6) is 0.490. The summed E-state index contributed by atoms with van der Waals surface area (Å²) in [6.45, 7) is 4.91. The molecular weight excluding hydrogens is 494 g/mol. The minimum atomic E-state index is -0.268. The number of amides is 2. The third-order valence-electron chi connectivity index (χ3n) is 6.65. The number of nitrogens with one attached hydrogen (secondary N) is 5. The minimum absolute atomic E-state index is 0.268. The molecule has 2 heterocycles. The summed E-state index contributed by atoms with van der Waals surface area (Å²) < 4.78 is 0. The molecule has 5 N–H and O–H groups in total. The predicted octanol–water partition coefficient (Wildman–Crippen LogP) is 4.90. The molecule has 2 amide bonds. The average molecular weight is 534 g/mol. The molecule has 1 aliphatic heterocycles. The van der Waals surface area contributed by atoms with E-state index in [-0.39, 0.29) is 6.03 Å². The number of amidine groups is 1. The molecule has 0 aliphatic carbocycles. The molecule has 1 aromatic heterocycles. The van der Waals surface area contributed by atoms with E-state index in [1.165, 1.54) is 16.9 Å². The van der Waals surface area contributed by atoms with Crippen LogP contribution in [0.25, 0.3) is 0 Å². The number of hydrogen-bond donors (Lipinski definition) is 5. The van der Waals surface area contributed by atoms with E-state index in [9.17, 15) is 4.79 Å². The number of carbonyl (C=O) groups is 1. The highest BCUT2D eigenvalue weighted by Gasteiger charge is 2.26. The van der Waals surface area contributed by atoms with Crippen LogP contribution in [-0.2, 0) is 19.4 Å². The van der Waals surface area contributed by atoms with E-state index in [0.717, 1.165) is 66.5 Å². The highest BCUT2D eigenvalue weighted by molar-refractivity contribution is 7.16. The van der Waals surface area contributed by atoms with Gasteiger partial charge in [0.1, 0.15) is 5.84 Å². The van der Waals surface area contributed by atoms with Gasteiger partial charge in [-0.2, -0.15) is 0 Å². The number of thiophene rings is 1. The zero-order valence-corrected chi connectivity index (χ0v) is 23.4. The topological polar surface area (TPSA) is 95.5 Å². The van der Waals surface area contributed by atoms with E-state index in [0.29, 0.717) is 12.4 Å². The van der Waals surface area contributed by atoms with Gasteiger partial charge in [-0.25, -0.2) is 4.79 Å². The van der Waals surface area contributed by atoms with Crippen molar-refractivity contribution in [1.29, 1.82) is 5.41 Å². The van der Waals surface area contributed by atoms with E-state index in [1.807, 2.05) is 61.6 Å². The van der Waals surface area contributed by atoms with Crippen LogP contribution in [0.2, 0.25) is 0 Å². The van der Waals surface area contributed by atoms with Crippen LogP contribution in [0.4, 0.5) is 21.2 Å². The number of benzene rings is 2. The first-order valence-electron chi connectivity index (χ1n) is 13.2. The van der Waals surface area contributed by atoms with Crippen LogP contribution in [0.15, 0.2) is 54.6 Å². The molecule has 202 valence electrons. The Bertz CT molecular complexity index is 1210. The summed E-state index contributed by atoms with van der Waals surface area (Å²) in [6.07, 6.45) is 2.95. The Kier molecular flexibility index (Phi) is 9.75. The highest BCUT2D eigenvalue weighted by atomic mass is 32.1. The summed E-state index contributed by atoms with van der Waals surface area (Å²) >= 11 is 1.79. The van der Waals surface area contributed by atoms with Crippen molar-refractivity contribution in [2.75, 3.05) is 63.3 Å². The zero-order valence-electron chi connectivity index (χ0n) is 22.6. The fraction of sp³-hybridized carbons (Fsp3) is 0.379. The number of carbonyl (C=O) groups excluding carboxylic acids is 1. The maximum Gasteiger partial charge on any atom is 0.323 e. The van der Waals surface area contributed by atoms with Gasteiger partial charge in [0.2, 0.25) is 0 Å². The molecule has 0 bridgehead atoms. The number of anilines is 3. The smallest absolute Gasteiger partial charge is 0.323 e. The average Bonchev–Trinajstić information content (AvgIpc) is 3.28. The quantitative estimate of drug-likeness (QED) is 0.179. The summed E-state index contributed by atoms with van der Waals surface area (Å²) in [5, 5.41) is 22.2. The van der Waals surface area contributed by atoms with Gasteiger partial charge in [-0.05, 0) is 81.8 Å². The summed E-state index contributed by atoms with van der Waals surface area (Å²) in [6, 6.07) is 16.9. The molecule has 8 nitrogen and oxygen atoms in total. The molecule has 0 atom stereocenters. The summed E-state index contributed by atoms with van der Waals surface area (Å²) in [5.41, 5.74) is 4.99. The zero-order chi connectivity index (χ0) is 26.9. The predicted molar refractivity (Wildman–Crippen MR) is 160 cm³/mol. The molecule has 3 aromatic rings. The first-order chi connectivity index (χ1) is 18.4. The summed E-state index contributed by atoms with van der Waals surface area (Å²) in [4.78, 5) is 18.4. The van der Waals surface area contributed by atoms with Gasteiger partial charge in [0.15, 0.2) is 0 Å². The van der Waals surface area contributed by atoms with Gasteiger partial charge in [0.05, 0.1) is 10.6 Å². The van der Waals surface area contributed by atoms with Crippen molar-refractivity contribution in [3.05, 3.63) is 76.2 Å². The van der Waals surface area contributed by atoms with Crippen LogP contribution in [0.3, 0.4) is 0 Å². The Morgan fingerprint density at radius 3 is 2.45 bits per heavy atom. The first kappa shape index (κ1) is 27.6. The van der Waals surface area contributed by atoms with Gasteiger partial charge in [-0.15, -0.1) is 11.3 Å². The van der Waals surface area contributed by atoms with Crippen molar-refractivity contribution in [3.63, 3.8) is 0 Å². The number of para-hydroxylation sites is 1. The monoisotopic (exact) mass is 533 g/mol. The fourth-order valence-corrected chi connectivity index (χ4v) is 5.94. The van der Waals surface area contributed by atoms with Crippen LogP contribution >= 0.6 is 11.3 Å². The largest absolute Gasteiger partial charge is 0.379 e. The van der Waals surface area contributed by atoms with E-state index >= 15 is 0 Å². The molecule has 0 spiro atoms. The maximum absolute atomic E-state index is 12.2. The van der Waals surface area contributed by atoms with Crippen LogP contribution in [0.5, 0.6) is 0 Å². The molecule has 0 unspecified atom stereocenters. The molecule has 38 heavy (non-hydrogen) atoms. The Morgan fingerprint density at radius 2 is 1.76 bits per heavy atom. The number of hydrogen-bond acceptors (Lipinski definition) is 6. The van der Waals surface area contributed by atoms with Crippen molar-refractivity contribution in [3.8, 4) is 0 Å². The van der Waals surface area contributed by atoms with Gasteiger partial charge in [-0.1, -0.05) is 30.3 Å². The van der Waals surface area contributed by atoms with E-state index < -0.39 is 0 Å². The molecule has 0 radical (unpaired) electrons. The molecular formula is C29H39N7OS. The SMILES string of the molecule is CNc1sc2c(c1C(=N)NCCc1ccc(NC(=O)Nc3ccccc3)cc1)CCN(CCCN(C)C)C2. The normalized spacial score (nSPS) is 13.2. The lowest BCUT2D eigenvalue weighted by Crippen LogP contribution is -2.33. The van der Waals surface area contributed by atoms with Crippen molar-refractivity contribution in [2.45, 2.75) is 25.8 Å². The van der Waals surface area contributed by atoms with Crippen LogP contribution in [-0.4, -0.2) is 69.0 Å². The molecule has 1 aliphatic rings.